The highest BCUT2D eigenvalue weighted by molar-refractivity contribution is 7.99. The summed E-state index contributed by atoms with van der Waals surface area (Å²) in [4.78, 5) is 12.7. The fourth-order valence-electron chi connectivity index (χ4n) is 1.37. The zero-order chi connectivity index (χ0) is 13.4. The molecule has 3 nitrogen and oxygen atoms in total. The third kappa shape index (κ3) is 5.76. The number of nitrogens with one attached hydrogen (secondary N) is 1. The summed E-state index contributed by atoms with van der Waals surface area (Å²) in [6, 6.07) is 7.42. The number of carbonyl (C=O) groups excluding carboxylic acids is 1. The number of benzene rings is 1. The molecule has 0 saturated heterocycles. The maximum Gasteiger partial charge on any atom is 0.221 e. The Morgan fingerprint density at radius 2 is 2.11 bits per heavy atom. The zero-order valence-corrected chi connectivity index (χ0v) is 11.9. The summed E-state index contributed by atoms with van der Waals surface area (Å²) in [6.45, 7) is 1.93. The standard InChI is InChI=1S/C13H18ClNO2S/c1-2-11(9-16)15-13(17)7-8-18-12-5-3-10(14)4-6-12/h3-6,11,16H,2,7-9H2,1H3,(H,15,17). The van der Waals surface area contributed by atoms with Crippen LogP contribution in [0.1, 0.15) is 19.8 Å². The van der Waals surface area contributed by atoms with Gasteiger partial charge in [0.15, 0.2) is 0 Å². The molecule has 5 heteroatoms. The van der Waals surface area contributed by atoms with E-state index in [1.54, 1.807) is 11.8 Å². The summed E-state index contributed by atoms with van der Waals surface area (Å²) < 4.78 is 0. The average Bonchev–Trinajstić information content (AvgIpc) is 2.38. The molecule has 1 amide bonds. The van der Waals surface area contributed by atoms with Crippen LogP contribution in [0.25, 0.3) is 0 Å². The molecule has 1 rings (SSSR count). The van der Waals surface area contributed by atoms with E-state index in [2.05, 4.69) is 5.32 Å². The van der Waals surface area contributed by atoms with Crippen LogP contribution in [0.2, 0.25) is 5.02 Å². The van der Waals surface area contributed by atoms with Crippen molar-refractivity contribution >= 4 is 29.3 Å². The molecule has 0 aliphatic rings. The number of hydrogen-bond acceptors (Lipinski definition) is 3. The van der Waals surface area contributed by atoms with Gasteiger partial charge in [-0.1, -0.05) is 18.5 Å². The quantitative estimate of drug-likeness (QED) is 0.758. The molecule has 0 fully saturated rings. The van der Waals surface area contributed by atoms with Gasteiger partial charge in [-0.3, -0.25) is 4.79 Å². The van der Waals surface area contributed by atoms with Gasteiger partial charge in [0.2, 0.25) is 5.91 Å². The van der Waals surface area contributed by atoms with Crippen LogP contribution in [0, 0.1) is 0 Å². The van der Waals surface area contributed by atoms with Gasteiger partial charge in [-0.05, 0) is 30.7 Å². The molecule has 0 aromatic heterocycles. The molecular weight excluding hydrogens is 270 g/mol. The van der Waals surface area contributed by atoms with Gasteiger partial charge in [-0.2, -0.15) is 0 Å². The third-order valence-electron chi connectivity index (χ3n) is 2.49. The summed E-state index contributed by atoms with van der Waals surface area (Å²) >= 11 is 7.41. The number of rotatable bonds is 7. The predicted molar refractivity (Wildman–Crippen MR) is 76.1 cm³/mol. The second-order valence-corrected chi connectivity index (χ2v) is 5.51. The van der Waals surface area contributed by atoms with Crippen LogP contribution in [0.4, 0.5) is 0 Å². The molecule has 0 spiro atoms. The van der Waals surface area contributed by atoms with Crippen molar-refractivity contribution < 1.29 is 9.90 Å². The van der Waals surface area contributed by atoms with E-state index in [-0.39, 0.29) is 18.6 Å². The number of halogens is 1. The monoisotopic (exact) mass is 287 g/mol. The van der Waals surface area contributed by atoms with Crippen LogP contribution in [-0.2, 0) is 4.79 Å². The number of thioether (sulfide) groups is 1. The first kappa shape index (κ1) is 15.3. The Bertz CT molecular complexity index is 366. The van der Waals surface area contributed by atoms with Gasteiger partial charge in [-0.15, -0.1) is 11.8 Å². The molecule has 1 atom stereocenters. The maximum absolute atomic E-state index is 11.6. The second-order valence-electron chi connectivity index (χ2n) is 3.91. The largest absolute Gasteiger partial charge is 0.394 e. The minimum absolute atomic E-state index is 0.00737. The lowest BCUT2D eigenvalue weighted by atomic mass is 10.2. The Labute approximate surface area is 117 Å². The van der Waals surface area contributed by atoms with E-state index in [0.717, 1.165) is 17.1 Å². The van der Waals surface area contributed by atoms with Gasteiger partial charge in [-0.25, -0.2) is 0 Å². The highest BCUT2D eigenvalue weighted by Crippen LogP contribution is 2.20. The smallest absolute Gasteiger partial charge is 0.221 e. The first-order valence-corrected chi connectivity index (χ1v) is 7.30. The molecular formula is C13H18ClNO2S. The van der Waals surface area contributed by atoms with Crippen LogP contribution >= 0.6 is 23.4 Å². The normalized spacial score (nSPS) is 12.2. The molecule has 0 saturated carbocycles. The molecule has 1 unspecified atom stereocenters. The minimum Gasteiger partial charge on any atom is -0.394 e. The van der Waals surface area contributed by atoms with E-state index in [1.807, 2.05) is 31.2 Å². The second kappa shape index (κ2) is 8.40. The predicted octanol–water partition coefficient (Wildman–Crippen LogP) is 2.71. The van der Waals surface area contributed by atoms with Crippen LogP contribution in [0.3, 0.4) is 0 Å². The summed E-state index contributed by atoms with van der Waals surface area (Å²) in [5, 5.41) is 12.5. The molecule has 1 aromatic rings. The highest BCUT2D eigenvalue weighted by atomic mass is 35.5. The topological polar surface area (TPSA) is 49.3 Å². The summed E-state index contributed by atoms with van der Waals surface area (Å²) in [5.74, 6) is 0.701. The van der Waals surface area contributed by atoms with E-state index in [4.69, 9.17) is 16.7 Å². The van der Waals surface area contributed by atoms with E-state index in [1.165, 1.54) is 0 Å². The van der Waals surface area contributed by atoms with Crippen molar-refractivity contribution in [2.75, 3.05) is 12.4 Å². The number of hydrogen-bond donors (Lipinski definition) is 2. The van der Waals surface area contributed by atoms with E-state index >= 15 is 0 Å². The Hall–Kier alpha value is -0.710. The lowest BCUT2D eigenvalue weighted by Gasteiger charge is -2.13. The summed E-state index contributed by atoms with van der Waals surface area (Å²) in [7, 11) is 0. The van der Waals surface area contributed by atoms with Crippen molar-refractivity contribution in [1.82, 2.24) is 5.32 Å². The first-order chi connectivity index (χ1) is 8.65. The zero-order valence-electron chi connectivity index (χ0n) is 10.4. The number of aliphatic hydroxyl groups is 1. The van der Waals surface area contributed by atoms with E-state index < -0.39 is 0 Å². The molecule has 0 radical (unpaired) electrons. The van der Waals surface area contributed by atoms with Crippen LogP contribution < -0.4 is 5.32 Å². The van der Waals surface area contributed by atoms with Gasteiger partial charge in [0.05, 0.1) is 12.6 Å². The SMILES string of the molecule is CCC(CO)NC(=O)CCSc1ccc(Cl)cc1. The fourth-order valence-corrected chi connectivity index (χ4v) is 2.35. The van der Waals surface area contributed by atoms with Gasteiger partial charge in [0, 0.05) is 22.1 Å². The molecule has 0 heterocycles. The summed E-state index contributed by atoms with van der Waals surface area (Å²) in [6.07, 6.45) is 1.19. The molecule has 0 aliphatic heterocycles. The van der Waals surface area contributed by atoms with Crippen molar-refractivity contribution in [1.29, 1.82) is 0 Å². The fraction of sp³-hybridized carbons (Fsp3) is 0.462. The Morgan fingerprint density at radius 3 is 2.67 bits per heavy atom. The Balaban J connectivity index is 2.25. The van der Waals surface area contributed by atoms with E-state index in [0.29, 0.717) is 11.4 Å². The van der Waals surface area contributed by atoms with Crippen molar-refractivity contribution in [3.8, 4) is 0 Å². The lowest BCUT2D eigenvalue weighted by molar-refractivity contribution is -0.121. The minimum atomic E-state index is -0.127. The average molecular weight is 288 g/mol. The number of amides is 1. The summed E-state index contributed by atoms with van der Waals surface area (Å²) in [5.41, 5.74) is 0. The van der Waals surface area contributed by atoms with Crippen molar-refractivity contribution in [2.24, 2.45) is 0 Å². The Morgan fingerprint density at radius 1 is 1.44 bits per heavy atom. The van der Waals surface area contributed by atoms with E-state index in [9.17, 15) is 4.79 Å². The van der Waals surface area contributed by atoms with Gasteiger partial charge < -0.3 is 10.4 Å². The van der Waals surface area contributed by atoms with Crippen LogP contribution in [-0.4, -0.2) is 29.4 Å². The van der Waals surface area contributed by atoms with Crippen LogP contribution in [0.5, 0.6) is 0 Å². The maximum atomic E-state index is 11.6. The highest BCUT2D eigenvalue weighted by Gasteiger charge is 2.08. The van der Waals surface area contributed by atoms with Crippen molar-refractivity contribution in [3.05, 3.63) is 29.3 Å². The number of aliphatic hydroxyl groups excluding tert-OH is 1. The van der Waals surface area contributed by atoms with Gasteiger partial charge in [0.25, 0.3) is 0 Å². The first-order valence-electron chi connectivity index (χ1n) is 5.94. The van der Waals surface area contributed by atoms with Crippen molar-refractivity contribution in [2.45, 2.75) is 30.7 Å². The molecule has 0 aliphatic carbocycles. The Kier molecular flexibility index (Phi) is 7.16. The molecule has 100 valence electrons. The van der Waals surface area contributed by atoms with Gasteiger partial charge >= 0.3 is 0 Å². The van der Waals surface area contributed by atoms with Gasteiger partial charge in [0.1, 0.15) is 0 Å². The molecule has 0 bridgehead atoms. The number of carbonyl (C=O) groups is 1. The molecule has 1 aromatic carbocycles. The van der Waals surface area contributed by atoms with Crippen LogP contribution in [0.15, 0.2) is 29.2 Å². The molecule has 2 N–H and O–H groups in total. The lowest BCUT2D eigenvalue weighted by Crippen LogP contribution is -2.37. The van der Waals surface area contributed by atoms with Crippen molar-refractivity contribution in [3.63, 3.8) is 0 Å². The molecule has 18 heavy (non-hydrogen) atoms. The third-order valence-corrected chi connectivity index (χ3v) is 3.76.